The van der Waals surface area contributed by atoms with Crippen molar-refractivity contribution in [1.29, 1.82) is 0 Å². The number of aliphatic hydroxyl groups excluding tert-OH is 1. The normalized spacial score (nSPS) is 29.5. The molecule has 0 spiro atoms. The van der Waals surface area contributed by atoms with Crippen LogP contribution in [0.2, 0.25) is 0 Å². The summed E-state index contributed by atoms with van der Waals surface area (Å²) in [5.74, 6) is 0.922. The van der Waals surface area contributed by atoms with Gasteiger partial charge in [0.25, 0.3) is 0 Å². The van der Waals surface area contributed by atoms with Gasteiger partial charge in [-0.15, -0.1) is 0 Å². The van der Waals surface area contributed by atoms with Gasteiger partial charge in [-0.05, 0) is 37.0 Å². The van der Waals surface area contributed by atoms with Gasteiger partial charge in [0.05, 0.1) is 6.10 Å². The minimum Gasteiger partial charge on any atom is -0.490 e. The van der Waals surface area contributed by atoms with E-state index in [0.29, 0.717) is 23.7 Å². The topological polar surface area (TPSA) is 29.5 Å². The molecular weight excluding hydrogens is 195 g/mol. The Morgan fingerprint density at radius 1 is 1.33 bits per heavy atom. The molecule has 0 aromatic heterocycles. The van der Waals surface area contributed by atoms with Crippen LogP contribution in [0.1, 0.15) is 30.9 Å². The first kappa shape index (κ1) is 9.16. The average Bonchev–Trinajstić information content (AvgIpc) is 3.02. The summed E-state index contributed by atoms with van der Waals surface area (Å²) in [6, 6.07) is 4.35. The van der Waals surface area contributed by atoms with Gasteiger partial charge in [-0.1, -0.05) is 0 Å². The predicted molar refractivity (Wildman–Crippen MR) is 53.1 cm³/mol. The second kappa shape index (κ2) is 3.20. The first-order valence-corrected chi connectivity index (χ1v) is 5.38. The van der Waals surface area contributed by atoms with E-state index in [4.69, 9.17) is 4.74 Å². The maximum atomic E-state index is 13.0. The number of benzene rings is 1. The summed E-state index contributed by atoms with van der Waals surface area (Å²) in [4.78, 5) is 0. The Labute approximate surface area is 87.7 Å². The highest BCUT2D eigenvalue weighted by Crippen LogP contribution is 2.43. The second-order valence-corrected chi connectivity index (χ2v) is 4.43. The molecule has 2 aliphatic rings. The number of ether oxygens (including phenoxy) is 1. The van der Waals surface area contributed by atoms with Gasteiger partial charge in [0.1, 0.15) is 17.7 Å². The maximum Gasteiger partial charge on any atom is 0.125 e. The smallest absolute Gasteiger partial charge is 0.125 e. The van der Waals surface area contributed by atoms with Crippen molar-refractivity contribution in [2.24, 2.45) is 5.92 Å². The fourth-order valence-corrected chi connectivity index (χ4v) is 2.20. The Morgan fingerprint density at radius 3 is 2.87 bits per heavy atom. The monoisotopic (exact) mass is 208 g/mol. The Bertz CT molecular complexity index is 387. The minimum atomic E-state index is -0.574. The number of hydrogen-bond acceptors (Lipinski definition) is 2. The lowest BCUT2D eigenvalue weighted by Crippen LogP contribution is -2.27. The molecule has 1 heterocycles. The molecule has 0 saturated heterocycles. The van der Waals surface area contributed by atoms with Crippen LogP contribution in [0.25, 0.3) is 0 Å². The third-order valence-electron chi connectivity index (χ3n) is 3.21. The zero-order valence-corrected chi connectivity index (χ0v) is 8.32. The molecule has 1 unspecified atom stereocenters. The molecule has 1 N–H and O–H groups in total. The lowest BCUT2D eigenvalue weighted by Gasteiger charge is -2.29. The molecule has 3 heteroatoms. The molecule has 1 aromatic rings. The quantitative estimate of drug-likeness (QED) is 0.768. The molecule has 0 bridgehead atoms. The average molecular weight is 208 g/mol. The molecule has 1 aliphatic heterocycles. The van der Waals surface area contributed by atoms with Crippen molar-refractivity contribution in [2.45, 2.75) is 31.5 Å². The van der Waals surface area contributed by atoms with Crippen molar-refractivity contribution >= 4 is 0 Å². The van der Waals surface area contributed by atoms with Crippen LogP contribution in [-0.2, 0) is 0 Å². The standard InChI is InChI=1S/C12H13FO2/c13-8-3-4-11-9(5-8)10(14)6-12(15-11)7-1-2-7/h3-5,7,10,12,14H,1-2,6H2/t10-,12?/m0/s1. The molecule has 15 heavy (non-hydrogen) atoms. The van der Waals surface area contributed by atoms with Gasteiger partial charge in [-0.2, -0.15) is 0 Å². The second-order valence-electron chi connectivity index (χ2n) is 4.43. The number of rotatable bonds is 1. The van der Waals surface area contributed by atoms with Crippen LogP contribution in [-0.4, -0.2) is 11.2 Å². The molecule has 1 fully saturated rings. The third kappa shape index (κ3) is 1.61. The minimum absolute atomic E-state index is 0.123. The number of aliphatic hydroxyl groups is 1. The highest BCUT2D eigenvalue weighted by atomic mass is 19.1. The van der Waals surface area contributed by atoms with Gasteiger partial charge in [-0.25, -0.2) is 4.39 Å². The summed E-state index contributed by atoms with van der Waals surface area (Å²) in [7, 11) is 0. The van der Waals surface area contributed by atoms with Crippen LogP contribution >= 0.6 is 0 Å². The lowest BCUT2D eigenvalue weighted by atomic mass is 9.97. The molecule has 2 atom stereocenters. The fraction of sp³-hybridized carbons (Fsp3) is 0.500. The summed E-state index contributed by atoms with van der Waals surface area (Å²) < 4.78 is 18.7. The van der Waals surface area contributed by atoms with Crippen LogP contribution in [0, 0.1) is 11.7 Å². The van der Waals surface area contributed by atoms with Gasteiger partial charge >= 0.3 is 0 Å². The number of halogens is 1. The zero-order valence-electron chi connectivity index (χ0n) is 8.32. The van der Waals surface area contributed by atoms with E-state index < -0.39 is 6.10 Å². The maximum absolute atomic E-state index is 13.0. The highest BCUT2D eigenvalue weighted by molar-refractivity contribution is 5.37. The first-order chi connectivity index (χ1) is 7.24. The van der Waals surface area contributed by atoms with E-state index in [-0.39, 0.29) is 11.9 Å². The Morgan fingerprint density at radius 2 is 2.13 bits per heavy atom. The van der Waals surface area contributed by atoms with Crippen molar-refractivity contribution < 1.29 is 14.2 Å². The lowest BCUT2D eigenvalue weighted by molar-refractivity contribution is 0.0547. The summed E-state index contributed by atoms with van der Waals surface area (Å²) in [6.07, 6.45) is 2.52. The number of fused-ring (bicyclic) bond motifs is 1. The van der Waals surface area contributed by atoms with E-state index in [0.717, 1.165) is 0 Å². The van der Waals surface area contributed by atoms with Gasteiger partial charge in [0, 0.05) is 12.0 Å². The van der Waals surface area contributed by atoms with Crippen molar-refractivity contribution in [3.8, 4) is 5.75 Å². The van der Waals surface area contributed by atoms with Gasteiger partial charge in [0.2, 0.25) is 0 Å². The van der Waals surface area contributed by atoms with Crippen LogP contribution in [0.5, 0.6) is 5.75 Å². The van der Waals surface area contributed by atoms with Gasteiger partial charge in [-0.3, -0.25) is 0 Å². The largest absolute Gasteiger partial charge is 0.490 e. The molecular formula is C12H13FO2. The van der Waals surface area contributed by atoms with E-state index in [9.17, 15) is 9.50 Å². The zero-order chi connectivity index (χ0) is 10.4. The first-order valence-electron chi connectivity index (χ1n) is 5.38. The van der Waals surface area contributed by atoms with Crippen LogP contribution in [0.15, 0.2) is 18.2 Å². The molecule has 0 radical (unpaired) electrons. The van der Waals surface area contributed by atoms with Crippen molar-refractivity contribution in [2.75, 3.05) is 0 Å². The van der Waals surface area contributed by atoms with Gasteiger partial charge in [0.15, 0.2) is 0 Å². The fourth-order valence-electron chi connectivity index (χ4n) is 2.20. The van der Waals surface area contributed by atoms with Crippen LogP contribution < -0.4 is 4.74 Å². The van der Waals surface area contributed by atoms with Crippen molar-refractivity contribution in [3.63, 3.8) is 0 Å². The molecule has 80 valence electrons. The predicted octanol–water partition coefficient (Wildman–Crippen LogP) is 2.42. The van der Waals surface area contributed by atoms with E-state index in [1.54, 1.807) is 6.07 Å². The van der Waals surface area contributed by atoms with E-state index in [2.05, 4.69) is 0 Å². The van der Waals surface area contributed by atoms with Crippen molar-refractivity contribution in [3.05, 3.63) is 29.6 Å². The summed E-state index contributed by atoms with van der Waals surface area (Å²) >= 11 is 0. The van der Waals surface area contributed by atoms with Crippen molar-refractivity contribution in [1.82, 2.24) is 0 Å². The van der Waals surface area contributed by atoms with E-state index >= 15 is 0 Å². The summed E-state index contributed by atoms with van der Waals surface area (Å²) in [6.45, 7) is 0. The highest BCUT2D eigenvalue weighted by Gasteiger charge is 2.38. The molecule has 2 nitrogen and oxygen atoms in total. The Hall–Kier alpha value is -1.09. The van der Waals surface area contributed by atoms with E-state index in [1.807, 2.05) is 0 Å². The summed E-state index contributed by atoms with van der Waals surface area (Å²) in [5, 5.41) is 9.89. The SMILES string of the molecule is O[C@H]1CC(C2CC2)Oc2ccc(F)cc21. The van der Waals surface area contributed by atoms with Gasteiger partial charge < -0.3 is 9.84 Å². The number of hydrogen-bond donors (Lipinski definition) is 1. The molecule has 0 amide bonds. The molecule has 1 saturated carbocycles. The van der Waals surface area contributed by atoms with E-state index in [1.165, 1.54) is 25.0 Å². The van der Waals surface area contributed by atoms with Crippen LogP contribution in [0.3, 0.4) is 0 Å². The Kier molecular flexibility index (Phi) is 1.96. The molecule has 1 aliphatic carbocycles. The third-order valence-corrected chi connectivity index (χ3v) is 3.21. The van der Waals surface area contributed by atoms with Crippen LogP contribution in [0.4, 0.5) is 4.39 Å². The Balaban J connectivity index is 1.93. The summed E-state index contributed by atoms with van der Waals surface area (Å²) in [5.41, 5.74) is 0.590. The molecule has 1 aromatic carbocycles. The molecule has 3 rings (SSSR count).